The van der Waals surface area contributed by atoms with Crippen LogP contribution in [-0.4, -0.2) is 39.7 Å². The average Bonchev–Trinajstić information content (AvgIpc) is 2.80. The summed E-state index contributed by atoms with van der Waals surface area (Å²) in [6, 6.07) is 17.4. The fourth-order valence-corrected chi connectivity index (χ4v) is 3.70. The number of nitrogens with one attached hydrogen (secondary N) is 2. The van der Waals surface area contributed by atoms with Gasteiger partial charge in [0.05, 0.1) is 17.3 Å². The molecule has 0 bridgehead atoms. The number of aromatic hydroxyl groups is 2. The highest BCUT2D eigenvalue weighted by Crippen LogP contribution is 2.39. The van der Waals surface area contributed by atoms with Crippen molar-refractivity contribution in [1.82, 2.24) is 10.7 Å². The van der Waals surface area contributed by atoms with E-state index in [9.17, 15) is 19.8 Å². The first-order valence-corrected chi connectivity index (χ1v) is 10.3. The average molecular weight is 446 g/mol. The van der Waals surface area contributed by atoms with Crippen molar-refractivity contribution in [3.05, 3.63) is 94.0 Å². The summed E-state index contributed by atoms with van der Waals surface area (Å²) in [6.45, 7) is 0.603. The van der Waals surface area contributed by atoms with Crippen molar-refractivity contribution in [2.45, 2.75) is 6.42 Å². The summed E-state index contributed by atoms with van der Waals surface area (Å²) in [5, 5.41) is 28.3. The zero-order valence-electron chi connectivity index (χ0n) is 16.8. The smallest absolute Gasteiger partial charge is 0.198 e. The van der Waals surface area contributed by atoms with Crippen LogP contribution < -0.4 is 10.7 Å². The number of hydrazone groups is 1. The van der Waals surface area contributed by atoms with Gasteiger partial charge in [0, 0.05) is 23.2 Å². The van der Waals surface area contributed by atoms with Crippen LogP contribution in [0.2, 0.25) is 0 Å². The van der Waals surface area contributed by atoms with E-state index in [0.717, 1.165) is 6.42 Å². The molecule has 0 saturated carbocycles. The molecule has 1 aliphatic rings. The van der Waals surface area contributed by atoms with Gasteiger partial charge in [0.15, 0.2) is 16.7 Å². The molecular formula is C24H19N3O4S. The van der Waals surface area contributed by atoms with Crippen LogP contribution in [0.3, 0.4) is 0 Å². The number of carbonyl (C=O) groups excluding carboxylic acids is 2. The van der Waals surface area contributed by atoms with Crippen LogP contribution in [0.25, 0.3) is 0 Å². The van der Waals surface area contributed by atoms with Crippen LogP contribution in [0.5, 0.6) is 11.5 Å². The first-order chi connectivity index (χ1) is 15.5. The van der Waals surface area contributed by atoms with Gasteiger partial charge in [0.1, 0.15) is 11.5 Å². The number of phenolic OH excluding ortho intramolecular Hbond substituents is 2. The number of ketones is 2. The van der Waals surface area contributed by atoms with Gasteiger partial charge in [-0.05, 0) is 30.3 Å². The van der Waals surface area contributed by atoms with Crippen molar-refractivity contribution in [3.63, 3.8) is 0 Å². The highest BCUT2D eigenvalue weighted by Gasteiger charge is 2.35. The quantitative estimate of drug-likeness (QED) is 0.162. The highest BCUT2D eigenvalue weighted by molar-refractivity contribution is 7.80. The molecule has 160 valence electrons. The fourth-order valence-electron chi connectivity index (χ4n) is 3.54. The Morgan fingerprint density at radius 2 is 1.56 bits per heavy atom. The van der Waals surface area contributed by atoms with Crippen LogP contribution in [-0.2, 0) is 6.42 Å². The standard InChI is InChI=1S/C24H19N3O4S/c28-18-12-15(13-26-27-24(32)25-11-10-14-6-2-1-3-7-14)21(29)20-19(18)22(30)16-8-4-5-9-17(16)23(20)31/h1-9,12-13,28-29H,10-11H2,(H2,25,27,32)/b26-13+. The van der Waals surface area contributed by atoms with Crippen molar-refractivity contribution >= 4 is 35.1 Å². The van der Waals surface area contributed by atoms with Crippen LogP contribution >= 0.6 is 12.2 Å². The molecule has 0 saturated heterocycles. The number of hydrogen-bond donors (Lipinski definition) is 4. The van der Waals surface area contributed by atoms with Crippen LogP contribution in [0, 0.1) is 0 Å². The predicted octanol–water partition coefficient (Wildman–Crippen LogP) is 2.91. The lowest BCUT2D eigenvalue weighted by molar-refractivity contribution is 0.0974. The second-order valence-electron chi connectivity index (χ2n) is 7.15. The number of fused-ring (bicyclic) bond motifs is 2. The molecule has 8 heteroatoms. The molecule has 3 aromatic rings. The molecular weight excluding hydrogens is 426 g/mol. The monoisotopic (exact) mass is 445 g/mol. The van der Waals surface area contributed by atoms with Gasteiger partial charge in [-0.25, -0.2) is 0 Å². The maximum atomic E-state index is 12.9. The summed E-state index contributed by atoms with van der Waals surface area (Å²) in [7, 11) is 0. The molecule has 0 fully saturated rings. The van der Waals surface area contributed by atoms with Gasteiger partial charge in [-0.1, -0.05) is 54.6 Å². The van der Waals surface area contributed by atoms with E-state index < -0.39 is 23.1 Å². The molecule has 4 rings (SSSR count). The first-order valence-electron chi connectivity index (χ1n) is 9.85. The van der Waals surface area contributed by atoms with Gasteiger partial charge in [-0.15, -0.1) is 0 Å². The lowest BCUT2D eigenvalue weighted by atomic mass is 9.82. The zero-order valence-corrected chi connectivity index (χ0v) is 17.6. The SMILES string of the molecule is O=C1c2ccccc2C(=O)c2c(O)c(/C=N/NC(=S)NCCc3ccccc3)cc(O)c21. The lowest BCUT2D eigenvalue weighted by Gasteiger charge is -2.20. The van der Waals surface area contributed by atoms with E-state index in [0.29, 0.717) is 6.54 Å². The van der Waals surface area contributed by atoms with E-state index >= 15 is 0 Å². The molecule has 0 amide bonds. The Morgan fingerprint density at radius 1 is 0.938 bits per heavy atom. The Morgan fingerprint density at radius 3 is 2.25 bits per heavy atom. The van der Waals surface area contributed by atoms with Gasteiger partial charge >= 0.3 is 0 Å². The summed E-state index contributed by atoms with van der Waals surface area (Å²) in [4.78, 5) is 25.6. The third kappa shape index (κ3) is 4.08. The molecule has 0 unspecified atom stereocenters. The van der Waals surface area contributed by atoms with Gasteiger partial charge in [0.2, 0.25) is 0 Å². The fraction of sp³-hybridized carbons (Fsp3) is 0.0833. The molecule has 7 nitrogen and oxygen atoms in total. The third-order valence-corrected chi connectivity index (χ3v) is 5.33. The molecule has 0 atom stereocenters. The molecule has 0 spiro atoms. The normalized spacial score (nSPS) is 12.4. The number of phenols is 2. The maximum absolute atomic E-state index is 12.9. The van der Waals surface area contributed by atoms with Crippen molar-refractivity contribution in [3.8, 4) is 11.5 Å². The van der Waals surface area contributed by atoms with Gasteiger partial charge in [0.25, 0.3) is 0 Å². The maximum Gasteiger partial charge on any atom is 0.198 e. The number of hydrogen-bond acceptors (Lipinski definition) is 6. The Kier molecular flexibility index (Phi) is 5.96. The summed E-state index contributed by atoms with van der Waals surface area (Å²) in [5.41, 5.74) is 3.78. The summed E-state index contributed by atoms with van der Waals surface area (Å²) < 4.78 is 0. The minimum Gasteiger partial charge on any atom is -0.507 e. The third-order valence-electron chi connectivity index (χ3n) is 5.09. The minimum absolute atomic E-state index is 0.0707. The Balaban J connectivity index is 1.47. The summed E-state index contributed by atoms with van der Waals surface area (Å²) in [6.07, 6.45) is 2.00. The van der Waals surface area contributed by atoms with Crippen LogP contribution in [0.4, 0.5) is 0 Å². The van der Waals surface area contributed by atoms with Gasteiger partial charge in [-0.2, -0.15) is 5.10 Å². The summed E-state index contributed by atoms with van der Waals surface area (Å²) >= 11 is 5.17. The number of benzene rings is 3. The largest absolute Gasteiger partial charge is 0.507 e. The number of rotatable bonds is 5. The van der Waals surface area contributed by atoms with E-state index in [1.807, 2.05) is 30.3 Å². The second kappa shape index (κ2) is 8.99. The predicted molar refractivity (Wildman–Crippen MR) is 125 cm³/mol. The molecule has 0 aromatic heterocycles. The number of thiocarbonyl (C=S) groups is 1. The van der Waals surface area contributed by atoms with Crippen LogP contribution in [0.1, 0.15) is 43.0 Å². The second-order valence-corrected chi connectivity index (χ2v) is 7.56. The van der Waals surface area contributed by atoms with Crippen molar-refractivity contribution < 1.29 is 19.8 Å². The van der Waals surface area contributed by atoms with E-state index in [4.69, 9.17) is 12.2 Å². The number of carbonyl (C=O) groups is 2. The molecule has 32 heavy (non-hydrogen) atoms. The van der Waals surface area contributed by atoms with Crippen molar-refractivity contribution in [2.75, 3.05) is 6.54 Å². The highest BCUT2D eigenvalue weighted by atomic mass is 32.1. The Hall–Kier alpha value is -4.04. The van der Waals surface area contributed by atoms with Gasteiger partial charge < -0.3 is 15.5 Å². The Bertz CT molecular complexity index is 1260. The zero-order chi connectivity index (χ0) is 22.7. The molecule has 0 heterocycles. The van der Waals surface area contributed by atoms with Crippen molar-refractivity contribution in [2.24, 2.45) is 5.10 Å². The van der Waals surface area contributed by atoms with Gasteiger partial charge in [-0.3, -0.25) is 15.0 Å². The molecule has 0 radical (unpaired) electrons. The van der Waals surface area contributed by atoms with E-state index in [1.54, 1.807) is 12.1 Å². The molecule has 0 aliphatic heterocycles. The first kappa shape index (κ1) is 21.2. The number of nitrogens with zero attached hydrogens (tertiary/aromatic N) is 1. The summed E-state index contributed by atoms with van der Waals surface area (Å²) in [5.74, 6) is -1.90. The molecule has 3 aromatic carbocycles. The molecule has 1 aliphatic carbocycles. The van der Waals surface area contributed by atoms with E-state index in [1.165, 1.54) is 30.0 Å². The Labute approximate surface area is 189 Å². The van der Waals surface area contributed by atoms with Crippen molar-refractivity contribution in [1.29, 1.82) is 0 Å². The minimum atomic E-state index is -0.538. The van der Waals surface area contributed by atoms with E-state index in [2.05, 4.69) is 15.8 Å². The lowest BCUT2D eigenvalue weighted by Crippen LogP contribution is -2.33. The van der Waals surface area contributed by atoms with E-state index in [-0.39, 0.29) is 32.9 Å². The van der Waals surface area contributed by atoms with Crippen LogP contribution in [0.15, 0.2) is 65.8 Å². The topological polar surface area (TPSA) is 111 Å². The molecule has 4 N–H and O–H groups in total.